The predicted molar refractivity (Wildman–Crippen MR) is 217 cm³/mol. The number of methoxy groups -OCH3 is 1. The van der Waals surface area contributed by atoms with Gasteiger partial charge >= 0.3 is 12.1 Å². The largest absolute Gasteiger partial charge is 0.494 e. The van der Waals surface area contributed by atoms with E-state index in [0.29, 0.717) is 44.5 Å². The molecule has 18 heteroatoms. The van der Waals surface area contributed by atoms with Crippen LogP contribution < -0.4 is 14.2 Å². The summed E-state index contributed by atoms with van der Waals surface area (Å²) in [5, 5.41) is 0. The highest BCUT2D eigenvalue weighted by Gasteiger charge is 2.63. The summed E-state index contributed by atoms with van der Waals surface area (Å²) in [7, 11) is -2.60. The van der Waals surface area contributed by atoms with E-state index in [1.807, 2.05) is 19.1 Å². The third-order valence-electron chi connectivity index (χ3n) is 12.3. The van der Waals surface area contributed by atoms with Crippen molar-refractivity contribution in [1.29, 1.82) is 0 Å². The van der Waals surface area contributed by atoms with Crippen LogP contribution in [-0.4, -0.2) is 96.2 Å². The van der Waals surface area contributed by atoms with Gasteiger partial charge in [0.1, 0.15) is 17.5 Å². The number of hydrogen-bond donors (Lipinski definition) is 1. The van der Waals surface area contributed by atoms with Crippen LogP contribution in [0.1, 0.15) is 105 Å². The fourth-order valence-corrected chi connectivity index (χ4v) is 9.88. The summed E-state index contributed by atoms with van der Waals surface area (Å²) in [5.74, 6) is -5.31. The number of allylic oxidation sites excluding steroid dienone is 2. The molecule has 3 heterocycles. The average Bonchev–Trinajstić information content (AvgIpc) is 4.04. The molecular weight excluding hydrogens is 822 g/mol. The molecule has 1 aromatic carbocycles. The summed E-state index contributed by atoms with van der Waals surface area (Å²) in [6.07, 6.45) is -0.955. The highest BCUT2D eigenvalue weighted by molar-refractivity contribution is 7.91. The van der Waals surface area contributed by atoms with Gasteiger partial charge in [-0.2, -0.15) is 13.2 Å². The minimum atomic E-state index is -5.00. The van der Waals surface area contributed by atoms with Crippen molar-refractivity contribution < 1.29 is 59.7 Å². The molecule has 336 valence electrons. The van der Waals surface area contributed by atoms with Crippen LogP contribution in [0.4, 0.5) is 13.2 Å². The molecule has 4 aliphatic rings. The molecule has 6 rings (SSSR count). The van der Waals surface area contributed by atoms with Gasteiger partial charge < -0.3 is 23.8 Å². The number of esters is 1. The van der Waals surface area contributed by atoms with Crippen molar-refractivity contribution in [3.05, 3.63) is 36.0 Å². The molecule has 0 spiro atoms. The van der Waals surface area contributed by atoms with Crippen LogP contribution in [0.2, 0.25) is 0 Å². The highest BCUT2D eigenvalue weighted by atomic mass is 32.2. The summed E-state index contributed by atoms with van der Waals surface area (Å²) in [6, 6.07) is 2.92. The molecular formula is C43H57F3N4O10S. The zero-order valence-electron chi connectivity index (χ0n) is 35.8. The SMILES string of the molecule is CCOc1ccc2nc(C(F)(F)F)c(O[C@@H]3C[C@H]4C(=O)C[C@]5(C(=O)NS(=O)(=O)C6(C)CC6)C[C@H]5/C=C\CC[C@@H](C)C[C@@H](COC)[C@H](CC(=O)OC(C)(C)C)C(=O)N4C3)nc2c1. The molecule has 2 aliphatic carbocycles. The van der Waals surface area contributed by atoms with E-state index in [9.17, 15) is 36.0 Å². The second-order valence-corrected chi connectivity index (χ2v) is 20.6. The molecule has 1 aromatic heterocycles. The number of carbonyl (C=O) groups is 4. The first-order chi connectivity index (χ1) is 28.5. The number of nitrogens with one attached hydrogen (secondary N) is 1. The van der Waals surface area contributed by atoms with Gasteiger partial charge in [-0.1, -0.05) is 19.1 Å². The number of Topliss-reactive ketones (excluding diaryl/α,β-unsaturated/α-hetero) is 1. The second-order valence-electron chi connectivity index (χ2n) is 18.4. The lowest BCUT2D eigenvalue weighted by atomic mass is 9.81. The number of nitrogens with zero attached hydrogens (tertiary/aromatic N) is 3. The number of hydrogen-bond acceptors (Lipinski definition) is 12. The summed E-state index contributed by atoms with van der Waals surface area (Å²) in [4.78, 5) is 66.6. The molecule has 1 N–H and O–H groups in total. The Morgan fingerprint density at radius 2 is 1.79 bits per heavy atom. The number of amides is 2. The summed E-state index contributed by atoms with van der Waals surface area (Å²) in [6.45, 7) is 10.4. The number of ether oxygens (including phenoxy) is 4. The van der Waals surface area contributed by atoms with Gasteiger partial charge in [0, 0.05) is 32.6 Å². The van der Waals surface area contributed by atoms with Crippen molar-refractivity contribution in [3.8, 4) is 11.6 Å². The smallest absolute Gasteiger partial charge is 0.438 e. The van der Waals surface area contributed by atoms with E-state index in [2.05, 4.69) is 14.7 Å². The maximum absolute atomic E-state index is 15.1. The zero-order valence-corrected chi connectivity index (χ0v) is 36.6. The van der Waals surface area contributed by atoms with Gasteiger partial charge in [-0.15, -0.1) is 0 Å². The first-order valence-electron chi connectivity index (χ1n) is 20.9. The summed E-state index contributed by atoms with van der Waals surface area (Å²) < 4.78 is 94.2. The Bertz CT molecular complexity index is 2150. The van der Waals surface area contributed by atoms with Crippen molar-refractivity contribution >= 4 is 44.6 Å². The third kappa shape index (κ3) is 10.5. The lowest BCUT2D eigenvalue weighted by Gasteiger charge is -2.33. The number of rotatable bonds is 11. The minimum Gasteiger partial charge on any atom is -0.494 e. The van der Waals surface area contributed by atoms with E-state index < -0.39 is 103 Å². The van der Waals surface area contributed by atoms with E-state index >= 15 is 4.79 Å². The predicted octanol–water partition coefficient (Wildman–Crippen LogP) is 6.35. The molecule has 3 fully saturated rings. The van der Waals surface area contributed by atoms with Crippen molar-refractivity contribution in [2.45, 2.75) is 128 Å². The van der Waals surface area contributed by atoms with Gasteiger partial charge in [-0.05, 0) is 103 Å². The first kappa shape index (κ1) is 46.2. The van der Waals surface area contributed by atoms with Gasteiger partial charge in [0.15, 0.2) is 5.78 Å². The van der Waals surface area contributed by atoms with Crippen LogP contribution in [0, 0.1) is 29.1 Å². The van der Waals surface area contributed by atoms with Crippen molar-refractivity contribution in [2.75, 3.05) is 26.9 Å². The average molecular weight is 879 g/mol. The Kier molecular flexibility index (Phi) is 13.2. The number of halogens is 3. The standard InChI is InChI=1S/C43H57F3N4O10S/c1-8-58-28-13-14-31-32(18-28)48-37(36(47-31)43(44,45)46)59-29-19-33-34(51)22-42(39(54)49-61(55,56)41(6)15-16-41)21-27(42)12-10-9-11-25(2)17-26(24-57-7)30(38(53)50(33)23-29)20-35(52)60-40(3,4)5/h10,12-14,18,25-27,29-30,33H,8-9,11,15-17,19-24H2,1-7H3,(H,49,54)/b12-10-/t25-,26+,27-,29-,30+,33+,42-/m1/s1. The maximum Gasteiger partial charge on any atom is 0.438 e. The Morgan fingerprint density at radius 3 is 2.43 bits per heavy atom. The quantitative estimate of drug-likeness (QED) is 0.196. The molecule has 2 saturated carbocycles. The Hall–Kier alpha value is -4.32. The Labute approximate surface area is 354 Å². The maximum atomic E-state index is 15.1. The van der Waals surface area contributed by atoms with Gasteiger partial charge in [0.25, 0.3) is 0 Å². The fraction of sp³-hybridized carbons (Fsp3) is 0.674. The monoisotopic (exact) mass is 878 g/mol. The summed E-state index contributed by atoms with van der Waals surface area (Å²) in [5.41, 5.74) is -3.76. The Morgan fingerprint density at radius 1 is 1.07 bits per heavy atom. The number of benzene rings is 1. The van der Waals surface area contributed by atoms with Crippen molar-refractivity contribution in [1.82, 2.24) is 19.6 Å². The van der Waals surface area contributed by atoms with E-state index in [1.54, 1.807) is 34.6 Å². The number of carbonyl (C=O) groups excluding carboxylic acids is 4. The van der Waals surface area contributed by atoms with Crippen LogP contribution in [0.15, 0.2) is 30.4 Å². The molecule has 2 aromatic rings. The van der Waals surface area contributed by atoms with Gasteiger partial charge in [0.2, 0.25) is 33.4 Å². The molecule has 1 saturated heterocycles. The molecule has 0 bridgehead atoms. The van der Waals surface area contributed by atoms with Crippen LogP contribution in [0.25, 0.3) is 11.0 Å². The van der Waals surface area contributed by atoms with Crippen LogP contribution >= 0.6 is 0 Å². The normalized spacial score (nSPS) is 28.8. The Balaban J connectivity index is 1.41. The van der Waals surface area contributed by atoms with Gasteiger partial charge in [0.05, 0.1) is 52.7 Å². The van der Waals surface area contributed by atoms with Crippen molar-refractivity contribution in [2.24, 2.45) is 29.1 Å². The molecule has 61 heavy (non-hydrogen) atoms. The molecule has 14 nitrogen and oxygen atoms in total. The third-order valence-corrected chi connectivity index (χ3v) is 14.4. The van der Waals surface area contributed by atoms with E-state index in [4.69, 9.17) is 18.9 Å². The van der Waals surface area contributed by atoms with E-state index in [-0.39, 0.29) is 49.4 Å². The molecule has 2 aliphatic heterocycles. The molecule has 0 radical (unpaired) electrons. The first-order valence-corrected chi connectivity index (χ1v) is 22.4. The van der Waals surface area contributed by atoms with Gasteiger partial charge in [-0.25, -0.2) is 18.4 Å². The number of ketones is 1. The fourth-order valence-electron chi connectivity index (χ4n) is 8.55. The number of aromatic nitrogens is 2. The molecule has 7 atom stereocenters. The lowest BCUT2D eigenvalue weighted by molar-refractivity contribution is -0.160. The minimum absolute atomic E-state index is 0.0168. The number of fused-ring (bicyclic) bond motifs is 3. The van der Waals surface area contributed by atoms with Crippen LogP contribution in [0.3, 0.4) is 0 Å². The lowest BCUT2D eigenvalue weighted by Crippen LogP contribution is -2.48. The van der Waals surface area contributed by atoms with E-state index in [1.165, 1.54) is 30.2 Å². The number of alkyl halides is 3. The van der Waals surface area contributed by atoms with Crippen molar-refractivity contribution in [3.63, 3.8) is 0 Å². The topological polar surface area (TPSA) is 180 Å². The van der Waals surface area contributed by atoms with Crippen LogP contribution in [-0.2, 0) is 44.9 Å². The zero-order chi connectivity index (χ0) is 44.7. The molecule has 2 amide bonds. The number of sulfonamides is 1. The van der Waals surface area contributed by atoms with Crippen LogP contribution in [0.5, 0.6) is 11.6 Å². The highest BCUT2D eigenvalue weighted by Crippen LogP contribution is 2.58. The van der Waals surface area contributed by atoms with E-state index in [0.717, 1.165) is 0 Å². The van der Waals surface area contributed by atoms with Gasteiger partial charge in [-0.3, -0.25) is 23.9 Å². The second kappa shape index (κ2) is 17.4. The summed E-state index contributed by atoms with van der Waals surface area (Å²) >= 11 is 0. The molecule has 0 unspecified atom stereocenters.